The van der Waals surface area contributed by atoms with Gasteiger partial charge in [0.15, 0.2) is 11.4 Å². The summed E-state index contributed by atoms with van der Waals surface area (Å²) < 4.78 is 1.31. The van der Waals surface area contributed by atoms with E-state index in [9.17, 15) is 14.4 Å². The molecule has 0 spiro atoms. The third kappa shape index (κ3) is 2.48. The quantitative estimate of drug-likeness (QED) is 0.403. The molecule has 31 heavy (non-hydrogen) atoms. The van der Waals surface area contributed by atoms with Crippen LogP contribution >= 0.6 is 11.3 Å². The number of aromatic nitrogens is 3. The summed E-state index contributed by atoms with van der Waals surface area (Å²) in [6, 6.07) is 22.0. The van der Waals surface area contributed by atoms with Gasteiger partial charge in [-0.3, -0.25) is 14.4 Å². The Bertz CT molecular complexity index is 1600. The van der Waals surface area contributed by atoms with Crippen molar-refractivity contribution in [3.05, 3.63) is 93.7 Å². The minimum absolute atomic E-state index is 0.127. The average molecular weight is 424 g/mol. The molecule has 3 aromatic carbocycles. The number of rotatable bonds is 2. The maximum Gasteiger partial charge on any atom is 0.300 e. The van der Waals surface area contributed by atoms with Crippen LogP contribution in [0.2, 0.25) is 0 Å². The van der Waals surface area contributed by atoms with Crippen molar-refractivity contribution in [1.29, 1.82) is 0 Å². The number of benzene rings is 3. The molecular formula is C23H12N4O3S. The monoisotopic (exact) mass is 424 g/mol. The Morgan fingerprint density at radius 3 is 2.35 bits per heavy atom. The number of thiazole rings is 1. The summed E-state index contributed by atoms with van der Waals surface area (Å²) in [5.74, 6) is -0.929. The molecule has 0 N–H and O–H groups in total. The topological polar surface area (TPSA) is 84.6 Å². The second kappa shape index (κ2) is 6.41. The smallest absolute Gasteiger partial charge is 0.267 e. The Hall–Kier alpha value is -4.17. The van der Waals surface area contributed by atoms with Crippen LogP contribution in [-0.2, 0) is 0 Å². The Labute approximate surface area is 178 Å². The first kappa shape index (κ1) is 17.7. The Kier molecular flexibility index (Phi) is 3.66. The summed E-state index contributed by atoms with van der Waals surface area (Å²) >= 11 is 0.997. The second-order valence-electron chi connectivity index (χ2n) is 7.05. The zero-order valence-corrected chi connectivity index (χ0v) is 16.7. The van der Waals surface area contributed by atoms with Crippen molar-refractivity contribution >= 4 is 44.6 Å². The van der Waals surface area contributed by atoms with Gasteiger partial charge < -0.3 is 0 Å². The molecule has 0 saturated carbocycles. The third-order valence-electron chi connectivity index (χ3n) is 5.26. The fraction of sp³-hybridized carbons (Fsp3) is 0. The predicted octanol–water partition coefficient (Wildman–Crippen LogP) is 3.77. The minimum atomic E-state index is -0.503. The van der Waals surface area contributed by atoms with Gasteiger partial charge in [0.05, 0.1) is 5.69 Å². The van der Waals surface area contributed by atoms with Crippen LogP contribution in [0.15, 0.2) is 77.6 Å². The fourth-order valence-corrected chi connectivity index (χ4v) is 4.83. The van der Waals surface area contributed by atoms with E-state index >= 15 is 0 Å². The molecule has 2 amide bonds. The standard InChI is InChI=1S/C23H12N4O3S/c28-20-17(14-8-2-1-3-9-14)25-27-18-19(31-23(27)24-20)22(30)26(21(18)29)16-12-6-10-13-7-4-5-11-15(13)16/h1-12H. The van der Waals surface area contributed by atoms with E-state index in [0.29, 0.717) is 11.3 Å². The highest BCUT2D eigenvalue weighted by Crippen LogP contribution is 2.36. The molecule has 0 fully saturated rings. The van der Waals surface area contributed by atoms with E-state index in [4.69, 9.17) is 0 Å². The van der Waals surface area contributed by atoms with Crippen LogP contribution < -0.4 is 10.5 Å². The van der Waals surface area contributed by atoms with Crippen molar-refractivity contribution in [2.24, 2.45) is 0 Å². The zero-order chi connectivity index (χ0) is 21.1. The van der Waals surface area contributed by atoms with Gasteiger partial charge in [0.1, 0.15) is 4.88 Å². The SMILES string of the molecule is O=C1c2sc3nc(=O)c(-c4ccccc4)nn3c2C(=O)N1c1cccc2ccccc12. The van der Waals surface area contributed by atoms with Gasteiger partial charge in [-0.15, -0.1) is 0 Å². The van der Waals surface area contributed by atoms with Gasteiger partial charge >= 0.3 is 5.56 Å². The molecule has 0 bridgehead atoms. The van der Waals surface area contributed by atoms with Crippen molar-refractivity contribution in [3.8, 4) is 11.3 Å². The third-order valence-corrected chi connectivity index (χ3v) is 6.28. The highest BCUT2D eigenvalue weighted by Gasteiger charge is 2.42. The number of hydrogen-bond acceptors (Lipinski definition) is 6. The molecule has 7 nitrogen and oxygen atoms in total. The molecule has 148 valence electrons. The van der Waals surface area contributed by atoms with E-state index in [0.717, 1.165) is 22.1 Å². The molecule has 0 unspecified atom stereocenters. The molecule has 0 aliphatic carbocycles. The zero-order valence-electron chi connectivity index (χ0n) is 15.9. The highest BCUT2D eigenvalue weighted by molar-refractivity contribution is 7.19. The van der Waals surface area contributed by atoms with Gasteiger partial charge in [0.2, 0.25) is 4.96 Å². The molecule has 0 radical (unpaired) electrons. The molecule has 1 aliphatic heterocycles. The van der Waals surface area contributed by atoms with E-state index in [1.165, 1.54) is 9.42 Å². The van der Waals surface area contributed by atoms with Crippen molar-refractivity contribution in [1.82, 2.24) is 14.6 Å². The molecule has 8 heteroatoms. The van der Waals surface area contributed by atoms with Gasteiger partial charge in [-0.05, 0) is 11.5 Å². The second-order valence-corrected chi connectivity index (χ2v) is 8.03. The largest absolute Gasteiger partial charge is 0.300 e. The summed E-state index contributed by atoms with van der Waals surface area (Å²) in [6.45, 7) is 0. The number of carbonyl (C=O) groups excluding carboxylic acids is 2. The normalized spacial score (nSPS) is 13.4. The number of fused-ring (bicyclic) bond motifs is 4. The molecule has 1 aliphatic rings. The summed E-state index contributed by atoms with van der Waals surface area (Å²) in [5, 5.41) is 6.13. The predicted molar refractivity (Wildman–Crippen MR) is 118 cm³/mol. The van der Waals surface area contributed by atoms with E-state index in [1.807, 2.05) is 42.5 Å². The lowest BCUT2D eigenvalue weighted by atomic mass is 10.1. The first-order valence-electron chi connectivity index (χ1n) is 9.49. The number of nitrogens with zero attached hydrogens (tertiary/aromatic N) is 4. The van der Waals surface area contributed by atoms with Gasteiger partial charge in [-0.2, -0.15) is 14.6 Å². The van der Waals surface area contributed by atoms with E-state index in [2.05, 4.69) is 10.1 Å². The molecule has 2 aromatic heterocycles. The molecule has 6 rings (SSSR count). The van der Waals surface area contributed by atoms with Crippen LogP contribution in [0.25, 0.3) is 27.0 Å². The summed E-state index contributed by atoms with van der Waals surface area (Å²) in [4.78, 5) is 44.8. The number of imide groups is 1. The maximum atomic E-state index is 13.4. The lowest BCUT2D eigenvalue weighted by Gasteiger charge is -2.16. The number of carbonyl (C=O) groups is 2. The van der Waals surface area contributed by atoms with Crippen LogP contribution in [0.3, 0.4) is 0 Å². The number of hydrogen-bond donors (Lipinski definition) is 0. The Balaban J connectivity index is 1.56. The van der Waals surface area contributed by atoms with Crippen LogP contribution in [0.5, 0.6) is 0 Å². The molecule has 0 saturated heterocycles. The van der Waals surface area contributed by atoms with Gasteiger partial charge in [-0.1, -0.05) is 78.1 Å². The van der Waals surface area contributed by atoms with Crippen molar-refractivity contribution in [2.75, 3.05) is 4.90 Å². The van der Waals surface area contributed by atoms with E-state index in [1.54, 1.807) is 30.3 Å². The van der Waals surface area contributed by atoms with Crippen LogP contribution in [-0.4, -0.2) is 26.4 Å². The van der Waals surface area contributed by atoms with Crippen molar-refractivity contribution in [3.63, 3.8) is 0 Å². The number of anilines is 1. The Morgan fingerprint density at radius 2 is 1.52 bits per heavy atom. The van der Waals surface area contributed by atoms with E-state index < -0.39 is 17.4 Å². The fourth-order valence-electron chi connectivity index (χ4n) is 3.85. The van der Waals surface area contributed by atoms with Crippen molar-refractivity contribution < 1.29 is 9.59 Å². The minimum Gasteiger partial charge on any atom is -0.267 e. The maximum absolute atomic E-state index is 13.4. The lowest BCUT2D eigenvalue weighted by Crippen LogP contribution is -2.30. The summed E-state index contributed by atoms with van der Waals surface area (Å²) in [7, 11) is 0. The van der Waals surface area contributed by atoms with E-state index in [-0.39, 0.29) is 21.2 Å². The van der Waals surface area contributed by atoms with Crippen LogP contribution in [0.1, 0.15) is 20.2 Å². The molecule has 0 atom stereocenters. The molecule has 3 heterocycles. The van der Waals surface area contributed by atoms with Gasteiger partial charge in [0.25, 0.3) is 11.8 Å². The van der Waals surface area contributed by atoms with Gasteiger partial charge in [0, 0.05) is 10.9 Å². The van der Waals surface area contributed by atoms with Crippen LogP contribution in [0, 0.1) is 0 Å². The summed E-state index contributed by atoms with van der Waals surface area (Å²) in [6.07, 6.45) is 0. The first-order valence-corrected chi connectivity index (χ1v) is 10.3. The van der Waals surface area contributed by atoms with Crippen molar-refractivity contribution in [2.45, 2.75) is 0 Å². The highest BCUT2D eigenvalue weighted by atomic mass is 32.1. The van der Waals surface area contributed by atoms with Crippen LogP contribution in [0.4, 0.5) is 5.69 Å². The molecule has 5 aromatic rings. The average Bonchev–Trinajstić information content (AvgIpc) is 3.28. The lowest BCUT2D eigenvalue weighted by molar-refractivity contribution is 0.0925. The molecular weight excluding hydrogens is 412 g/mol. The number of amides is 2. The Morgan fingerprint density at radius 1 is 0.774 bits per heavy atom. The summed E-state index contributed by atoms with van der Waals surface area (Å²) in [5.41, 5.74) is 0.862. The first-order chi connectivity index (χ1) is 15.1. The van der Waals surface area contributed by atoms with Gasteiger partial charge in [-0.25, -0.2) is 4.90 Å².